The molecule has 0 aliphatic rings. The highest BCUT2D eigenvalue weighted by molar-refractivity contribution is 4.80. The molecule has 0 unspecified atom stereocenters. The molecule has 0 saturated heterocycles. The van der Waals surface area contributed by atoms with Crippen LogP contribution in [-0.4, -0.2) is 21.3 Å². The zero-order chi connectivity index (χ0) is 11.2. The SMILES string of the molecule is CCCCC(C)(CCCC)C(O)(O)O. The molecule has 0 rings (SSSR count). The third-order valence-electron chi connectivity index (χ3n) is 2.97. The molecule has 0 atom stereocenters. The van der Waals surface area contributed by atoms with Crippen molar-refractivity contribution in [2.24, 2.45) is 5.41 Å². The van der Waals surface area contributed by atoms with Gasteiger partial charge in [0.15, 0.2) is 0 Å². The van der Waals surface area contributed by atoms with E-state index in [9.17, 15) is 15.3 Å². The molecule has 0 spiro atoms. The van der Waals surface area contributed by atoms with Crippen LogP contribution < -0.4 is 0 Å². The van der Waals surface area contributed by atoms with Crippen LogP contribution in [0.25, 0.3) is 0 Å². The highest BCUT2D eigenvalue weighted by Crippen LogP contribution is 2.38. The molecule has 0 aliphatic carbocycles. The van der Waals surface area contributed by atoms with E-state index in [2.05, 4.69) is 0 Å². The summed E-state index contributed by atoms with van der Waals surface area (Å²) in [6, 6.07) is 0. The van der Waals surface area contributed by atoms with E-state index < -0.39 is 11.4 Å². The van der Waals surface area contributed by atoms with Crippen LogP contribution in [-0.2, 0) is 0 Å². The quantitative estimate of drug-likeness (QED) is 0.556. The molecule has 0 amide bonds. The predicted molar refractivity (Wildman–Crippen MR) is 56.5 cm³/mol. The smallest absolute Gasteiger partial charge is 0.280 e. The van der Waals surface area contributed by atoms with Crippen LogP contribution in [0.1, 0.15) is 59.3 Å². The predicted octanol–water partition coefficient (Wildman–Crippen LogP) is 2.00. The van der Waals surface area contributed by atoms with Crippen LogP contribution in [0.5, 0.6) is 0 Å². The Kier molecular flexibility index (Phi) is 5.64. The maximum atomic E-state index is 9.30. The van der Waals surface area contributed by atoms with Crippen molar-refractivity contribution >= 4 is 0 Å². The fraction of sp³-hybridized carbons (Fsp3) is 1.00. The molecule has 0 heterocycles. The van der Waals surface area contributed by atoms with Gasteiger partial charge >= 0.3 is 0 Å². The highest BCUT2D eigenvalue weighted by Gasteiger charge is 2.43. The number of hydrogen-bond acceptors (Lipinski definition) is 3. The number of hydrogen-bond donors (Lipinski definition) is 3. The minimum Gasteiger partial charge on any atom is -0.343 e. The van der Waals surface area contributed by atoms with Crippen LogP contribution in [0.4, 0.5) is 0 Å². The third kappa shape index (κ3) is 3.95. The van der Waals surface area contributed by atoms with Gasteiger partial charge in [0.1, 0.15) is 0 Å². The molecular formula is C11H24O3. The Morgan fingerprint density at radius 3 is 1.43 bits per heavy atom. The van der Waals surface area contributed by atoms with Gasteiger partial charge in [0.25, 0.3) is 5.97 Å². The number of aliphatic hydroxyl groups is 3. The molecule has 0 bridgehead atoms. The fourth-order valence-electron chi connectivity index (χ4n) is 1.59. The Morgan fingerprint density at radius 2 is 1.21 bits per heavy atom. The zero-order valence-electron chi connectivity index (χ0n) is 9.58. The molecule has 0 aromatic heterocycles. The van der Waals surface area contributed by atoms with Gasteiger partial charge in [-0.15, -0.1) is 0 Å². The van der Waals surface area contributed by atoms with Gasteiger partial charge < -0.3 is 15.3 Å². The maximum Gasteiger partial charge on any atom is 0.280 e. The Morgan fingerprint density at radius 1 is 0.857 bits per heavy atom. The molecule has 3 nitrogen and oxygen atoms in total. The van der Waals surface area contributed by atoms with Crippen LogP contribution in [0, 0.1) is 5.41 Å². The van der Waals surface area contributed by atoms with Crippen molar-refractivity contribution in [3.63, 3.8) is 0 Å². The lowest BCUT2D eigenvalue weighted by Crippen LogP contribution is -2.46. The van der Waals surface area contributed by atoms with Crippen molar-refractivity contribution in [1.29, 1.82) is 0 Å². The standard InChI is InChI=1S/C11H24O3/c1-4-6-8-10(3,9-7-5-2)11(12,13)14/h12-14H,4-9H2,1-3H3. The molecule has 3 N–H and O–H groups in total. The van der Waals surface area contributed by atoms with Gasteiger partial charge in [-0.1, -0.05) is 46.5 Å². The summed E-state index contributed by atoms with van der Waals surface area (Å²) >= 11 is 0. The average molecular weight is 204 g/mol. The van der Waals surface area contributed by atoms with Crippen molar-refractivity contribution in [3.05, 3.63) is 0 Å². The molecule has 0 radical (unpaired) electrons. The summed E-state index contributed by atoms with van der Waals surface area (Å²) in [5.74, 6) is -2.54. The lowest BCUT2D eigenvalue weighted by molar-refractivity contribution is -0.374. The molecule has 3 heteroatoms. The summed E-state index contributed by atoms with van der Waals surface area (Å²) in [6.07, 6.45) is 5.10. The number of rotatable bonds is 7. The molecule has 0 aromatic carbocycles. The second kappa shape index (κ2) is 5.69. The van der Waals surface area contributed by atoms with E-state index in [0.717, 1.165) is 25.7 Å². The minimum absolute atomic E-state index is 0.646. The van der Waals surface area contributed by atoms with Crippen molar-refractivity contribution in [2.45, 2.75) is 65.3 Å². The fourth-order valence-corrected chi connectivity index (χ4v) is 1.59. The van der Waals surface area contributed by atoms with Crippen molar-refractivity contribution in [2.75, 3.05) is 0 Å². The zero-order valence-corrected chi connectivity index (χ0v) is 9.58. The van der Waals surface area contributed by atoms with Crippen molar-refractivity contribution in [1.82, 2.24) is 0 Å². The topological polar surface area (TPSA) is 60.7 Å². The largest absolute Gasteiger partial charge is 0.343 e. The van der Waals surface area contributed by atoms with Crippen LogP contribution in [0.15, 0.2) is 0 Å². The maximum absolute atomic E-state index is 9.30. The van der Waals surface area contributed by atoms with Gasteiger partial charge in [-0.3, -0.25) is 0 Å². The number of unbranched alkanes of at least 4 members (excludes halogenated alkanes) is 2. The van der Waals surface area contributed by atoms with E-state index in [1.807, 2.05) is 13.8 Å². The first-order chi connectivity index (χ1) is 6.37. The second-order valence-electron chi connectivity index (χ2n) is 4.40. The van der Waals surface area contributed by atoms with Gasteiger partial charge in [-0.25, -0.2) is 0 Å². The Balaban J connectivity index is 4.33. The van der Waals surface area contributed by atoms with Crippen LogP contribution in [0.2, 0.25) is 0 Å². The van der Waals surface area contributed by atoms with Crippen LogP contribution >= 0.6 is 0 Å². The van der Waals surface area contributed by atoms with E-state index in [1.165, 1.54) is 0 Å². The summed E-state index contributed by atoms with van der Waals surface area (Å²) in [5, 5.41) is 27.9. The highest BCUT2D eigenvalue weighted by atomic mass is 16.7. The van der Waals surface area contributed by atoms with Crippen LogP contribution in [0.3, 0.4) is 0 Å². The summed E-state index contributed by atoms with van der Waals surface area (Å²) in [4.78, 5) is 0. The summed E-state index contributed by atoms with van der Waals surface area (Å²) in [7, 11) is 0. The van der Waals surface area contributed by atoms with Crippen molar-refractivity contribution in [3.8, 4) is 0 Å². The van der Waals surface area contributed by atoms with Gasteiger partial charge in [-0.05, 0) is 12.8 Å². The van der Waals surface area contributed by atoms with E-state index in [4.69, 9.17) is 0 Å². The Labute approximate surface area is 86.8 Å². The minimum atomic E-state index is -2.54. The second-order valence-corrected chi connectivity index (χ2v) is 4.40. The van der Waals surface area contributed by atoms with E-state index >= 15 is 0 Å². The summed E-state index contributed by atoms with van der Waals surface area (Å²) in [6.45, 7) is 5.83. The Hall–Kier alpha value is -0.120. The molecule has 86 valence electrons. The first-order valence-electron chi connectivity index (χ1n) is 5.54. The average Bonchev–Trinajstić information content (AvgIpc) is 2.09. The molecule has 0 aromatic rings. The van der Waals surface area contributed by atoms with E-state index in [0.29, 0.717) is 12.8 Å². The normalized spacial score (nSPS) is 13.3. The Bertz CT molecular complexity index is 141. The van der Waals surface area contributed by atoms with E-state index in [1.54, 1.807) is 6.92 Å². The van der Waals surface area contributed by atoms with Gasteiger partial charge in [-0.2, -0.15) is 0 Å². The summed E-state index contributed by atoms with van der Waals surface area (Å²) in [5.41, 5.74) is -0.793. The van der Waals surface area contributed by atoms with Gasteiger partial charge in [0.2, 0.25) is 0 Å². The monoisotopic (exact) mass is 204 g/mol. The lowest BCUT2D eigenvalue weighted by atomic mass is 9.78. The molecular weight excluding hydrogens is 180 g/mol. The summed E-state index contributed by atoms with van der Waals surface area (Å²) < 4.78 is 0. The first-order valence-corrected chi connectivity index (χ1v) is 5.54. The molecule has 0 saturated carbocycles. The van der Waals surface area contributed by atoms with E-state index in [-0.39, 0.29) is 0 Å². The van der Waals surface area contributed by atoms with Gasteiger partial charge in [0, 0.05) is 5.41 Å². The lowest BCUT2D eigenvalue weighted by Gasteiger charge is -2.37. The van der Waals surface area contributed by atoms with Gasteiger partial charge in [0.05, 0.1) is 0 Å². The third-order valence-corrected chi connectivity index (χ3v) is 2.97. The molecule has 14 heavy (non-hydrogen) atoms. The molecule has 0 fully saturated rings. The first kappa shape index (κ1) is 13.9. The van der Waals surface area contributed by atoms with Crippen molar-refractivity contribution < 1.29 is 15.3 Å². The molecule has 0 aliphatic heterocycles.